The summed E-state index contributed by atoms with van der Waals surface area (Å²) in [5.74, 6) is 0.645. The van der Waals surface area contributed by atoms with Crippen molar-refractivity contribution in [2.75, 3.05) is 13.1 Å². The average molecular weight is 286 g/mol. The lowest BCUT2D eigenvalue weighted by molar-refractivity contribution is 0.0234. The minimum absolute atomic E-state index is 0.0294. The third-order valence-electron chi connectivity index (χ3n) is 3.00. The molecule has 0 saturated heterocycles. The molecule has 1 amide bonds. The third kappa shape index (κ3) is 10.1. The molecule has 1 atom stereocenters. The molecule has 0 heterocycles. The second-order valence-electron chi connectivity index (χ2n) is 7.01. The Hall–Kier alpha value is -0.770. The fourth-order valence-corrected chi connectivity index (χ4v) is 1.85. The van der Waals surface area contributed by atoms with Crippen molar-refractivity contribution >= 4 is 6.09 Å². The van der Waals surface area contributed by atoms with Crippen LogP contribution in [-0.4, -0.2) is 35.7 Å². The number of nitrogens with two attached hydrogens (primary N) is 1. The van der Waals surface area contributed by atoms with Crippen LogP contribution in [0.2, 0.25) is 0 Å². The van der Waals surface area contributed by atoms with Gasteiger partial charge in [-0.25, -0.2) is 4.79 Å². The highest BCUT2D eigenvalue weighted by Crippen LogP contribution is 2.12. The molecule has 0 spiro atoms. The zero-order chi connectivity index (χ0) is 15.8. The largest absolute Gasteiger partial charge is 0.444 e. The van der Waals surface area contributed by atoms with Crippen LogP contribution >= 0.6 is 0 Å². The summed E-state index contributed by atoms with van der Waals surface area (Å²) in [4.78, 5) is 14.0. The summed E-state index contributed by atoms with van der Waals surface area (Å²) in [7, 11) is 0. The number of unbranched alkanes of at least 4 members (excludes halogenated alkanes) is 1. The molecule has 0 saturated carbocycles. The molecule has 20 heavy (non-hydrogen) atoms. The van der Waals surface area contributed by atoms with Gasteiger partial charge in [0, 0.05) is 19.1 Å². The van der Waals surface area contributed by atoms with E-state index in [1.165, 1.54) is 0 Å². The van der Waals surface area contributed by atoms with Crippen LogP contribution in [0.1, 0.15) is 67.2 Å². The first-order chi connectivity index (χ1) is 9.15. The highest BCUT2D eigenvalue weighted by Gasteiger charge is 2.23. The Kier molecular flexibility index (Phi) is 8.86. The first-order valence-corrected chi connectivity index (χ1v) is 7.89. The van der Waals surface area contributed by atoms with Gasteiger partial charge in [-0.05, 0) is 46.0 Å². The van der Waals surface area contributed by atoms with E-state index in [0.717, 1.165) is 32.2 Å². The highest BCUT2D eigenvalue weighted by molar-refractivity contribution is 5.68. The molecule has 4 heteroatoms. The average Bonchev–Trinajstić information content (AvgIpc) is 2.29. The van der Waals surface area contributed by atoms with Gasteiger partial charge in [-0.15, -0.1) is 0 Å². The Morgan fingerprint density at radius 2 is 1.85 bits per heavy atom. The quantitative estimate of drug-likeness (QED) is 0.738. The number of rotatable bonds is 8. The molecule has 120 valence electrons. The molecule has 0 rings (SSSR count). The van der Waals surface area contributed by atoms with Crippen LogP contribution in [0, 0.1) is 5.92 Å². The van der Waals surface area contributed by atoms with E-state index in [4.69, 9.17) is 10.5 Å². The zero-order valence-electron chi connectivity index (χ0n) is 14.2. The van der Waals surface area contributed by atoms with Crippen molar-refractivity contribution in [3.63, 3.8) is 0 Å². The van der Waals surface area contributed by atoms with Crippen LogP contribution < -0.4 is 5.73 Å². The first-order valence-electron chi connectivity index (χ1n) is 7.89. The lowest BCUT2D eigenvalue weighted by Crippen LogP contribution is -2.44. The van der Waals surface area contributed by atoms with Crippen molar-refractivity contribution in [2.45, 2.75) is 78.9 Å². The predicted molar refractivity (Wildman–Crippen MR) is 84.8 cm³/mol. The maximum atomic E-state index is 12.2. The van der Waals surface area contributed by atoms with Gasteiger partial charge >= 0.3 is 6.09 Å². The van der Waals surface area contributed by atoms with Gasteiger partial charge in [-0.1, -0.05) is 27.2 Å². The summed E-state index contributed by atoms with van der Waals surface area (Å²) < 4.78 is 5.45. The normalized spacial score (nSPS) is 13.4. The summed E-state index contributed by atoms with van der Waals surface area (Å²) in [6.45, 7) is 13.5. The minimum Gasteiger partial charge on any atom is -0.444 e. The van der Waals surface area contributed by atoms with Gasteiger partial charge in [0.05, 0.1) is 0 Å². The number of carbonyl (C=O) groups is 1. The van der Waals surface area contributed by atoms with E-state index in [0.29, 0.717) is 12.5 Å². The summed E-state index contributed by atoms with van der Waals surface area (Å²) in [6.07, 6.45) is 3.84. The van der Waals surface area contributed by atoms with Crippen LogP contribution in [-0.2, 0) is 4.74 Å². The highest BCUT2D eigenvalue weighted by atomic mass is 16.6. The maximum absolute atomic E-state index is 12.2. The predicted octanol–water partition coefficient (Wildman–Crippen LogP) is 3.79. The van der Waals surface area contributed by atoms with Crippen molar-refractivity contribution in [1.29, 1.82) is 0 Å². The van der Waals surface area contributed by atoms with Crippen LogP contribution in [0.25, 0.3) is 0 Å². The fraction of sp³-hybridized carbons (Fsp3) is 0.938. The molecule has 0 aromatic rings. The molecule has 0 aliphatic carbocycles. The van der Waals surface area contributed by atoms with Crippen molar-refractivity contribution < 1.29 is 9.53 Å². The SMILES string of the molecule is CCCCN(CC(N)CCC(C)C)C(=O)OC(C)(C)C. The molecule has 0 aromatic carbocycles. The van der Waals surface area contributed by atoms with Crippen molar-refractivity contribution in [2.24, 2.45) is 11.7 Å². The second-order valence-corrected chi connectivity index (χ2v) is 7.01. The summed E-state index contributed by atoms with van der Waals surface area (Å²) >= 11 is 0. The number of nitrogens with zero attached hydrogens (tertiary/aromatic N) is 1. The Bertz CT molecular complexity index is 272. The van der Waals surface area contributed by atoms with Crippen molar-refractivity contribution in [3.05, 3.63) is 0 Å². The van der Waals surface area contributed by atoms with Crippen LogP contribution in [0.4, 0.5) is 4.79 Å². The lowest BCUT2D eigenvalue weighted by Gasteiger charge is -2.29. The molecule has 0 fully saturated rings. The maximum Gasteiger partial charge on any atom is 0.410 e. The van der Waals surface area contributed by atoms with Crippen LogP contribution in [0.3, 0.4) is 0 Å². The molecule has 0 aromatic heterocycles. The van der Waals surface area contributed by atoms with E-state index in [2.05, 4.69) is 20.8 Å². The monoisotopic (exact) mass is 286 g/mol. The van der Waals surface area contributed by atoms with E-state index < -0.39 is 5.60 Å². The molecule has 0 aliphatic rings. The Labute approximate surface area is 125 Å². The Morgan fingerprint density at radius 3 is 2.30 bits per heavy atom. The van der Waals surface area contributed by atoms with E-state index in [-0.39, 0.29) is 12.1 Å². The van der Waals surface area contributed by atoms with E-state index in [1.807, 2.05) is 20.8 Å². The van der Waals surface area contributed by atoms with Gasteiger partial charge in [0.2, 0.25) is 0 Å². The number of ether oxygens (including phenoxy) is 1. The zero-order valence-corrected chi connectivity index (χ0v) is 14.2. The molecular weight excluding hydrogens is 252 g/mol. The Morgan fingerprint density at radius 1 is 1.25 bits per heavy atom. The third-order valence-corrected chi connectivity index (χ3v) is 3.00. The molecule has 1 unspecified atom stereocenters. The van der Waals surface area contributed by atoms with E-state index >= 15 is 0 Å². The number of hydrogen-bond donors (Lipinski definition) is 1. The lowest BCUT2D eigenvalue weighted by atomic mass is 10.0. The summed E-state index contributed by atoms with van der Waals surface area (Å²) in [5, 5.41) is 0. The number of hydrogen-bond acceptors (Lipinski definition) is 3. The Balaban J connectivity index is 4.43. The molecule has 0 aliphatic heterocycles. The molecule has 2 N–H and O–H groups in total. The van der Waals surface area contributed by atoms with Crippen LogP contribution in [0.5, 0.6) is 0 Å². The molecule has 4 nitrogen and oxygen atoms in total. The molecular formula is C16H34N2O2. The van der Waals surface area contributed by atoms with E-state index in [1.54, 1.807) is 4.90 Å². The van der Waals surface area contributed by atoms with Crippen molar-refractivity contribution in [3.8, 4) is 0 Å². The van der Waals surface area contributed by atoms with E-state index in [9.17, 15) is 4.79 Å². The smallest absolute Gasteiger partial charge is 0.410 e. The molecule has 0 radical (unpaired) electrons. The van der Waals surface area contributed by atoms with Gasteiger partial charge in [-0.3, -0.25) is 0 Å². The van der Waals surface area contributed by atoms with Gasteiger partial charge in [-0.2, -0.15) is 0 Å². The first kappa shape index (κ1) is 19.2. The van der Waals surface area contributed by atoms with Crippen LogP contribution in [0.15, 0.2) is 0 Å². The summed E-state index contributed by atoms with van der Waals surface area (Å²) in [5.41, 5.74) is 5.69. The second kappa shape index (κ2) is 9.22. The molecule has 0 bridgehead atoms. The van der Waals surface area contributed by atoms with Gasteiger partial charge in [0.25, 0.3) is 0 Å². The number of carbonyl (C=O) groups excluding carboxylic acids is 1. The standard InChI is InChI=1S/C16H34N2O2/c1-7-8-11-18(15(19)20-16(4,5)6)12-14(17)10-9-13(2)3/h13-14H,7-12,17H2,1-6H3. The van der Waals surface area contributed by atoms with Gasteiger partial charge in [0.15, 0.2) is 0 Å². The fourth-order valence-electron chi connectivity index (χ4n) is 1.85. The minimum atomic E-state index is -0.455. The number of amides is 1. The topological polar surface area (TPSA) is 55.6 Å². The van der Waals surface area contributed by atoms with Gasteiger partial charge < -0.3 is 15.4 Å². The van der Waals surface area contributed by atoms with Crippen molar-refractivity contribution in [1.82, 2.24) is 4.90 Å². The summed E-state index contributed by atoms with van der Waals surface area (Å²) in [6, 6.07) is 0.0294. The van der Waals surface area contributed by atoms with Gasteiger partial charge in [0.1, 0.15) is 5.60 Å².